The molecule has 3 aromatic rings. The van der Waals surface area contributed by atoms with Crippen LogP contribution >= 0.6 is 0 Å². The van der Waals surface area contributed by atoms with E-state index in [2.05, 4.69) is 4.98 Å². The fraction of sp³-hybridized carbons (Fsp3) is 0.321. The molecule has 5 rings (SSSR count). The Morgan fingerprint density at radius 2 is 1.92 bits per heavy atom. The van der Waals surface area contributed by atoms with Gasteiger partial charge < -0.3 is 24.2 Å². The lowest BCUT2D eigenvalue weighted by atomic mass is 9.94. The summed E-state index contributed by atoms with van der Waals surface area (Å²) in [5.41, 5.74) is 3.39. The number of ether oxygens (including phenoxy) is 1. The second-order valence-corrected chi connectivity index (χ2v) is 9.59. The minimum absolute atomic E-state index is 0.0636. The molecule has 1 aromatic heterocycles. The maximum absolute atomic E-state index is 13.3. The molecule has 2 atom stereocenters. The van der Waals surface area contributed by atoms with E-state index in [-0.39, 0.29) is 17.4 Å². The molecule has 2 aliphatic rings. The van der Waals surface area contributed by atoms with E-state index in [1.54, 1.807) is 23.5 Å². The SMILES string of the molecule is C[C@@H]1Cc2cc(/C(O)=C3\C(=O)C(=O)N(CCCn4ccnc4)[C@H]3c3ccc(N(C)C)cc3)ccc2O1. The maximum Gasteiger partial charge on any atom is 0.295 e. The van der Waals surface area contributed by atoms with Gasteiger partial charge in [0.1, 0.15) is 17.6 Å². The third-order valence-electron chi connectivity index (χ3n) is 6.81. The number of imidazole rings is 1. The Bertz CT molecular complexity index is 1310. The van der Waals surface area contributed by atoms with Crippen molar-refractivity contribution in [3.05, 3.63) is 83.4 Å². The number of likely N-dealkylation sites (tertiary alicyclic amines) is 1. The van der Waals surface area contributed by atoms with Crippen LogP contribution in [-0.4, -0.2) is 58.0 Å². The first-order chi connectivity index (χ1) is 17.3. The van der Waals surface area contributed by atoms with Crippen molar-refractivity contribution < 1.29 is 19.4 Å². The van der Waals surface area contributed by atoms with E-state index < -0.39 is 17.7 Å². The molecule has 8 nitrogen and oxygen atoms in total. The number of benzene rings is 2. The number of fused-ring (bicyclic) bond motifs is 1. The van der Waals surface area contributed by atoms with Crippen molar-refractivity contribution >= 4 is 23.1 Å². The second-order valence-electron chi connectivity index (χ2n) is 9.59. The number of aryl methyl sites for hydroxylation is 1. The van der Waals surface area contributed by atoms with Gasteiger partial charge in [0.2, 0.25) is 0 Å². The Morgan fingerprint density at radius 3 is 2.61 bits per heavy atom. The predicted octanol–water partition coefficient (Wildman–Crippen LogP) is 3.78. The van der Waals surface area contributed by atoms with Crippen molar-refractivity contribution in [2.45, 2.75) is 38.5 Å². The van der Waals surface area contributed by atoms with Crippen molar-refractivity contribution in [1.82, 2.24) is 14.5 Å². The molecule has 0 radical (unpaired) electrons. The van der Waals surface area contributed by atoms with Gasteiger partial charge >= 0.3 is 0 Å². The highest BCUT2D eigenvalue weighted by Crippen LogP contribution is 2.41. The Kier molecular flexibility index (Phi) is 6.26. The lowest BCUT2D eigenvalue weighted by molar-refractivity contribution is -0.139. The van der Waals surface area contributed by atoms with Gasteiger partial charge in [0, 0.05) is 57.3 Å². The zero-order chi connectivity index (χ0) is 25.4. The van der Waals surface area contributed by atoms with Crippen LogP contribution in [0.4, 0.5) is 5.69 Å². The summed E-state index contributed by atoms with van der Waals surface area (Å²) in [6.07, 6.45) is 6.74. The molecule has 2 aliphatic heterocycles. The first-order valence-electron chi connectivity index (χ1n) is 12.1. The van der Waals surface area contributed by atoms with Gasteiger partial charge in [-0.05, 0) is 54.8 Å². The molecule has 3 heterocycles. The molecule has 0 bridgehead atoms. The van der Waals surface area contributed by atoms with Gasteiger partial charge in [0.05, 0.1) is 17.9 Å². The van der Waals surface area contributed by atoms with Crippen LogP contribution in [0, 0.1) is 0 Å². The number of hydrogen-bond donors (Lipinski definition) is 1. The number of aromatic nitrogens is 2. The van der Waals surface area contributed by atoms with Gasteiger partial charge in [-0.25, -0.2) is 4.98 Å². The summed E-state index contributed by atoms with van der Waals surface area (Å²) in [4.78, 5) is 34.1. The number of hydrogen-bond acceptors (Lipinski definition) is 6. The average Bonchev–Trinajstić information content (AvgIpc) is 3.57. The number of ketones is 1. The van der Waals surface area contributed by atoms with Gasteiger partial charge in [0.15, 0.2) is 0 Å². The molecule has 0 spiro atoms. The predicted molar refractivity (Wildman–Crippen MR) is 137 cm³/mol. The summed E-state index contributed by atoms with van der Waals surface area (Å²) in [5.74, 6) is -0.631. The number of carbonyl (C=O) groups excluding carboxylic acids is 2. The molecular weight excluding hydrogens is 456 g/mol. The van der Waals surface area contributed by atoms with Crippen LogP contribution in [0.15, 0.2) is 66.8 Å². The van der Waals surface area contributed by atoms with E-state index in [0.29, 0.717) is 25.1 Å². The Morgan fingerprint density at radius 1 is 1.14 bits per heavy atom. The molecule has 1 amide bonds. The number of anilines is 1. The summed E-state index contributed by atoms with van der Waals surface area (Å²) >= 11 is 0. The number of carbonyl (C=O) groups is 2. The zero-order valence-corrected chi connectivity index (χ0v) is 20.7. The number of aliphatic hydroxyl groups excluding tert-OH is 1. The molecule has 8 heteroatoms. The minimum atomic E-state index is -0.674. The highest BCUT2D eigenvalue weighted by atomic mass is 16.5. The Labute approximate surface area is 210 Å². The van der Waals surface area contributed by atoms with Crippen LogP contribution in [0.5, 0.6) is 5.75 Å². The smallest absolute Gasteiger partial charge is 0.295 e. The molecule has 1 fully saturated rings. The summed E-state index contributed by atoms with van der Waals surface area (Å²) in [6, 6.07) is 12.5. The number of rotatable bonds is 7. The normalized spacial score (nSPS) is 20.5. The van der Waals surface area contributed by atoms with Crippen LogP contribution in [0.1, 0.15) is 36.1 Å². The van der Waals surface area contributed by atoms with Crippen LogP contribution < -0.4 is 9.64 Å². The summed E-state index contributed by atoms with van der Waals surface area (Å²) in [6.45, 7) is 3.03. The molecule has 36 heavy (non-hydrogen) atoms. The van der Waals surface area contributed by atoms with Gasteiger partial charge in [-0.15, -0.1) is 0 Å². The highest BCUT2D eigenvalue weighted by molar-refractivity contribution is 6.46. The zero-order valence-electron chi connectivity index (χ0n) is 20.7. The van der Waals surface area contributed by atoms with Crippen molar-refractivity contribution in [1.29, 1.82) is 0 Å². The van der Waals surface area contributed by atoms with Crippen LogP contribution in [-0.2, 0) is 22.6 Å². The largest absolute Gasteiger partial charge is 0.507 e. The molecule has 1 saturated heterocycles. The van der Waals surface area contributed by atoms with Crippen molar-refractivity contribution in [2.75, 3.05) is 25.5 Å². The van der Waals surface area contributed by atoms with E-state index in [1.165, 1.54) is 0 Å². The Hall–Kier alpha value is -4.07. The van der Waals surface area contributed by atoms with E-state index in [1.807, 2.05) is 73.1 Å². The lowest BCUT2D eigenvalue weighted by Gasteiger charge is -2.26. The van der Waals surface area contributed by atoms with Crippen molar-refractivity contribution in [2.24, 2.45) is 0 Å². The van der Waals surface area contributed by atoms with E-state index in [4.69, 9.17) is 4.74 Å². The fourth-order valence-corrected chi connectivity index (χ4v) is 4.98. The summed E-state index contributed by atoms with van der Waals surface area (Å²) in [5, 5.41) is 11.4. The third kappa shape index (κ3) is 4.34. The summed E-state index contributed by atoms with van der Waals surface area (Å²) < 4.78 is 7.72. The van der Waals surface area contributed by atoms with Crippen LogP contribution in [0.25, 0.3) is 5.76 Å². The van der Waals surface area contributed by atoms with Crippen LogP contribution in [0.3, 0.4) is 0 Å². The lowest BCUT2D eigenvalue weighted by Crippen LogP contribution is -2.31. The first kappa shape index (κ1) is 23.7. The van der Waals surface area contributed by atoms with Crippen molar-refractivity contribution in [3.8, 4) is 5.75 Å². The number of amides is 1. The van der Waals surface area contributed by atoms with E-state index in [9.17, 15) is 14.7 Å². The van der Waals surface area contributed by atoms with Crippen LogP contribution in [0.2, 0.25) is 0 Å². The van der Waals surface area contributed by atoms with Gasteiger partial charge in [-0.2, -0.15) is 0 Å². The topological polar surface area (TPSA) is 87.9 Å². The molecule has 0 unspecified atom stereocenters. The highest BCUT2D eigenvalue weighted by Gasteiger charge is 2.45. The molecular formula is C28H30N4O4. The molecule has 0 aliphatic carbocycles. The van der Waals surface area contributed by atoms with Gasteiger partial charge in [-0.1, -0.05) is 12.1 Å². The van der Waals surface area contributed by atoms with Gasteiger partial charge in [0.25, 0.3) is 11.7 Å². The number of nitrogens with zero attached hydrogens (tertiary/aromatic N) is 4. The van der Waals surface area contributed by atoms with E-state index >= 15 is 0 Å². The second kappa shape index (κ2) is 9.53. The van der Waals surface area contributed by atoms with Crippen molar-refractivity contribution in [3.63, 3.8) is 0 Å². The minimum Gasteiger partial charge on any atom is -0.507 e. The third-order valence-corrected chi connectivity index (χ3v) is 6.81. The average molecular weight is 487 g/mol. The molecule has 2 aromatic carbocycles. The first-order valence-corrected chi connectivity index (χ1v) is 12.1. The molecule has 0 saturated carbocycles. The monoisotopic (exact) mass is 486 g/mol. The Balaban J connectivity index is 1.53. The molecule has 1 N–H and O–H groups in total. The fourth-order valence-electron chi connectivity index (χ4n) is 4.98. The molecule has 186 valence electrons. The van der Waals surface area contributed by atoms with E-state index in [0.717, 1.165) is 29.0 Å². The summed E-state index contributed by atoms with van der Waals surface area (Å²) in [7, 11) is 3.91. The quantitative estimate of drug-likeness (QED) is 0.311. The maximum atomic E-state index is 13.3. The standard InChI is InChI=1S/C28H30N4O4/c1-18-15-21-16-20(7-10-23(21)36-18)26(33)24-25(19-5-8-22(9-6-19)30(2)3)32(28(35)27(24)34)13-4-12-31-14-11-29-17-31/h5-11,14,16-18,25,33H,4,12-13,15H2,1-3H3/b26-24+/t18-,25+/m1/s1. The van der Waals surface area contributed by atoms with Gasteiger partial charge in [-0.3, -0.25) is 9.59 Å². The number of aliphatic hydroxyl groups is 1. The number of Topliss-reactive ketones (excluding diaryl/α,β-unsaturated/α-hetero) is 1.